The van der Waals surface area contributed by atoms with Crippen molar-refractivity contribution in [3.63, 3.8) is 0 Å². The van der Waals surface area contributed by atoms with Crippen LogP contribution in [0.15, 0.2) is 0 Å². The fraction of sp³-hybridized carbons (Fsp3) is 1.00. The third-order valence-corrected chi connectivity index (χ3v) is 2.55. The maximum atomic E-state index is 5.65. The van der Waals surface area contributed by atoms with Gasteiger partial charge in [-0.15, -0.1) is 0 Å². The van der Waals surface area contributed by atoms with E-state index in [0.29, 0.717) is 17.9 Å². The zero-order chi connectivity index (χ0) is 8.97. The Bertz CT molecular complexity index is 124. The molecule has 1 fully saturated rings. The zero-order valence-electron chi connectivity index (χ0n) is 8.05. The van der Waals surface area contributed by atoms with Gasteiger partial charge in [-0.25, -0.2) is 0 Å². The van der Waals surface area contributed by atoms with E-state index in [1.807, 2.05) is 0 Å². The second-order valence-corrected chi connectivity index (χ2v) is 3.88. The molecule has 12 heavy (non-hydrogen) atoms. The predicted molar refractivity (Wildman–Crippen MR) is 50.0 cm³/mol. The largest absolute Gasteiger partial charge is 0.378 e. The molecular formula is C9H20N2O. The van der Waals surface area contributed by atoms with Crippen LogP contribution in [0.25, 0.3) is 0 Å². The van der Waals surface area contributed by atoms with Gasteiger partial charge >= 0.3 is 0 Å². The van der Waals surface area contributed by atoms with Gasteiger partial charge in [0.2, 0.25) is 0 Å². The predicted octanol–water partition coefficient (Wildman–Crippen LogP) is 0.206. The Balaban J connectivity index is 2.09. The fourth-order valence-corrected chi connectivity index (χ4v) is 1.26. The van der Waals surface area contributed by atoms with Gasteiger partial charge in [-0.3, -0.25) is 0 Å². The molecule has 0 saturated carbocycles. The highest BCUT2D eigenvalue weighted by molar-refractivity contribution is 4.76. The van der Waals surface area contributed by atoms with Crippen LogP contribution in [0.3, 0.4) is 0 Å². The molecule has 1 rings (SSSR count). The van der Waals surface area contributed by atoms with Crippen molar-refractivity contribution in [2.75, 3.05) is 26.3 Å². The molecule has 1 saturated heterocycles. The molecule has 3 nitrogen and oxygen atoms in total. The van der Waals surface area contributed by atoms with Gasteiger partial charge in [-0.2, -0.15) is 0 Å². The van der Waals surface area contributed by atoms with Gasteiger partial charge in [0, 0.05) is 0 Å². The van der Waals surface area contributed by atoms with Crippen molar-refractivity contribution >= 4 is 0 Å². The molecule has 3 N–H and O–H groups in total. The van der Waals surface area contributed by atoms with Crippen LogP contribution in [-0.2, 0) is 4.74 Å². The summed E-state index contributed by atoms with van der Waals surface area (Å²) in [6, 6.07) is 0.581. The minimum Gasteiger partial charge on any atom is -0.378 e. The summed E-state index contributed by atoms with van der Waals surface area (Å²) in [6.07, 6.45) is 0. The van der Waals surface area contributed by atoms with E-state index >= 15 is 0 Å². The molecule has 3 heteroatoms. The van der Waals surface area contributed by atoms with Crippen molar-refractivity contribution in [3.05, 3.63) is 0 Å². The van der Waals surface area contributed by atoms with Crippen LogP contribution >= 0.6 is 0 Å². The summed E-state index contributed by atoms with van der Waals surface area (Å²) in [5, 5.41) is 3.45. The highest BCUT2D eigenvalue weighted by Gasteiger charge is 2.19. The summed E-state index contributed by atoms with van der Waals surface area (Å²) in [6.45, 7) is 7.98. The number of rotatable bonds is 5. The number of nitrogens with one attached hydrogen (secondary N) is 1. The maximum Gasteiger partial charge on any atom is 0.0643 e. The minimum atomic E-state index is 0.581. The van der Waals surface area contributed by atoms with Gasteiger partial charge in [-0.1, -0.05) is 13.8 Å². The quantitative estimate of drug-likeness (QED) is 0.623. The van der Waals surface area contributed by atoms with Gasteiger partial charge in [0.1, 0.15) is 0 Å². The number of ether oxygens (including phenoxy) is 1. The molecule has 1 unspecified atom stereocenters. The Hall–Kier alpha value is -0.120. The molecule has 0 radical (unpaired) electrons. The standard InChI is InChI=1S/C9H20N2O/c1-7(2)8(3-10)4-11-9-5-12-6-9/h7-9,11H,3-6,10H2,1-2H3. The van der Waals surface area contributed by atoms with E-state index < -0.39 is 0 Å². The van der Waals surface area contributed by atoms with Crippen LogP contribution in [0.1, 0.15) is 13.8 Å². The Morgan fingerprint density at radius 2 is 2.17 bits per heavy atom. The van der Waals surface area contributed by atoms with Gasteiger partial charge in [0.05, 0.1) is 19.3 Å². The van der Waals surface area contributed by atoms with Crippen molar-refractivity contribution in [3.8, 4) is 0 Å². The van der Waals surface area contributed by atoms with Crippen LogP contribution in [0.4, 0.5) is 0 Å². The van der Waals surface area contributed by atoms with Crippen LogP contribution in [0.2, 0.25) is 0 Å². The van der Waals surface area contributed by atoms with Crippen molar-refractivity contribution < 1.29 is 4.74 Å². The molecule has 1 atom stereocenters. The normalized spacial score (nSPS) is 21.0. The summed E-state index contributed by atoms with van der Waals surface area (Å²) >= 11 is 0. The summed E-state index contributed by atoms with van der Waals surface area (Å²) < 4.78 is 5.07. The van der Waals surface area contributed by atoms with Crippen molar-refractivity contribution in [2.45, 2.75) is 19.9 Å². The Kier molecular flexibility index (Phi) is 3.98. The molecule has 72 valence electrons. The first kappa shape index (κ1) is 9.96. The van der Waals surface area contributed by atoms with E-state index in [9.17, 15) is 0 Å². The molecule has 1 heterocycles. The van der Waals surface area contributed by atoms with Crippen molar-refractivity contribution in [1.29, 1.82) is 0 Å². The zero-order valence-corrected chi connectivity index (χ0v) is 8.05. The summed E-state index contributed by atoms with van der Waals surface area (Å²) in [5.74, 6) is 1.27. The lowest BCUT2D eigenvalue weighted by atomic mass is 9.96. The molecule has 0 bridgehead atoms. The molecule has 0 aromatic carbocycles. The Labute approximate surface area is 74.7 Å². The first-order chi connectivity index (χ1) is 5.74. The van der Waals surface area contributed by atoms with Gasteiger partial charge in [0.25, 0.3) is 0 Å². The molecule has 0 amide bonds. The summed E-state index contributed by atoms with van der Waals surface area (Å²) in [7, 11) is 0. The van der Waals surface area contributed by atoms with E-state index in [1.165, 1.54) is 0 Å². The van der Waals surface area contributed by atoms with Crippen molar-refractivity contribution in [2.24, 2.45) is 17.6 Å². The van der Waals surface area contributed by atoms with Gasteiger partial charge in [-0.05, 0) is 24.9 Å². The van der Waals surface area contributed by atoms with E-state index in [4.69, 9.17) is 10.5 Å². The average Bonchev–Trinajstić information content (AvgIpc) is 1.93. The SMILES string of the molecule is CC(C)C(CN)CNC1COC1. The lowest BCUT2D eigenvalue weighted by Crippen LogP contribution is -2.48. The topological polar surface area (TPSA) is 47.3 Å². The second kappa shape index (κ2) is 4.80. The fourth-order valence-electron chi connectivity index (χ4n) is 1.26. The minimum absolute atomic E-state index is 0.581. The first-order valence-corrected chi connectivity index (χ1v) is 4.75. The lowest BCUT2D eigenvalue weighted by Gasteiger charge is -2.29. The van der Waals surface area contributed by atoms with Gasteiger partial charge < -0.3 is 15.8 Å². The van der Waals surface area contributed by atoms with E-state index in [0.717, 1.165) is 26.3 Å². The van der Waals surface area contributed by atoms with Crippen molar-refractivity contribution in [1.82, 2.24) is 5.32 Å². The highest BCUT2D eigenvalue weighted by Crippen LogP contribution is 2.09. The third-order valence-electron chi connectivity index (χ3n) is 2.55. The number of hydrogen-bond donors (Lipinski definition) is 2. The maximum absolute atomic E-state index is 5.65. The highest BCUT2D eigenvalue weighted by atomic mass is 16.5. The molecule has 0 spiro atoms. The lowest BCUT2D eigenvalue weighted by molar-refractivity contribution is -0.00704. The average molecular weight is 172 g/mol. The smallest absolute Gasteiger partial charge is 0.0643 e. The Morgan fingerprint density at radius 3 is 2.50 bits per heavy atom. The first-order valence-electron chi connectivity index (χ1n) is 4.75. The Morgan fingerprint density at radius 1 is 1.50 bits per heavy atom. The summed E-state index contributed by atoms with van der Waals surface area (Å²) in [4.78, 5) is 0. The third kappa shape index (κ3) is 2.73. The van der Waals surface area contributed by atoms with Crippen LogP contribution in [0.5, 0.6) is 0 Å². The number of nitrogens with two attached hydrogens (primary N) is 1. The summed E-state index contributed by atoms with van der Waals surface area (Å²) in [5.41, 5.74) is 5.65. The molecule has 1 aliphatic heterocycles. The molecular weight excluding hydrogens is 152 g/mol. The van der Waals surface area contributed by atoms with Crippen LogP contribution in [-0.4, -0.2) is 32.3 Å². The molecule has 1 aliphatic rings. The van der Waals surface area contributed by atoms with Gasteiger partial charge in [0.15, 0.2) is 0 Å². The molecule has 0 aromatic heterocycles. The molecule has 0 aliphatic carbocycles. The van der Waals surface area contributed by atoms with E-state index in [1.54, 1.807) is 0 Å². The number of hydrogen-bond acceptors (Lipinski definition) is 3. The monoisotopic (exact) mass is 172 g/mol. The van der Waals surface area contributed by atoms with Crippen LogP contribution in [0, 0.1) is 11.8 Å². The van der Waals surface area contributed by atoms with E-state index in [-0.39, 0.29) is 0 Å². The second-order valence-electron chi connectivity index (χ2n) is 3.88. The van der Waals surface area contributed by atoms with E-state index in [2.05, 4.69) is 19.2 Å². The van der Waals surface area contributed by atoms with Crippen LogP contribution < -0.4 is 11.1 Å². The molecule has 0 aromatic rings.